The maximum absolute atomic E-state index is 13.2. The number of carbonyl (C=O) groups is 2. The molecule has 3 aliphatic rings. The summed E-state index contributed by atoms with van der Waals surface area (Å²) in [6, 6.07) is 0. The molecule has 0 radical (unpaired) electrons. The van der Waals surface area contributed by atoms with Crippen molar-refractivity contribution < 1.29 is 34.0 Å². The number of Topliss-reactive ketones (excluding diaryl/α,β-unsaturated/α-hetero) is 1. The first-order valence-corrected chi connectivity index (χ1v) is 12.1. The maximum atomic E-state index is 13.2. The highest BCUT2D eigenvalue weighted by atomic mass is 16.7. The van der Waals surface area contributed by atoms with Crippen LogP contribution in [0.3, 0.4) is 0 Å². The van der Waals surface area contributed by atoms with Crippen molar-refractivity contribution in [3.63, 3.8) is 0 Å². The maximum Gasteiger partial charge on any atom is 0.331 e. The molecule has 4 bridgehead atoms. The van der Waals surface area contributed by atoms with Gasteiger partial charge in [-0.25, -0.2) is 4.79 Å². The molecular formula is C26H40O7. The zero-order valence-corrected chi connectivity index (χ0v) is 21.0. The van der Waals surface area contributed by atoms with Crippen molar-refractivity contribution in [1.29, 1.82) is 0 Å². The molecule has 8 atom stereocenters. The van der Waals surface area contributed by atoms with Gasteiger partial charge in [-0.3, -0.25) is 4.79 Å². The third kappa shape index (κ3) is 4.97. The summed E-state index contributed by atoms with van der Waals surface area (Å²) in [5, 5.41) is 23.3. The highest BCUT2D eigenvalue weighted by molar-refractivity contribution is 5.87. The summed E-state index contributed by atoms with van der Waals surface area (Å²) in [6.07, 6.45) is 3.52. The van der Waals surface area contributed by atoms with Crippen LogP contribution in [0.15, 0.2) is 23.8 Å². The number of hydrogen-bond donors (Lipinski definition) is 2. The molecule has 33 heavy (non-hydrogen) atoms. The molecule has 3 aliphatic heterocycles. The molecule has 2 N–H and O–H groups in total. The summed E-state index contributed by atoms with van der Waals surface area (Å²) in [4.78, 5) is 25.8. The number of carbonyl (C=O) groups excluding carboxylic acids is 2. The molecule has 0 unspecified atom stereocenters. The summed E-state index contributed by atoms with van der Waals surface area (Å²) in [5.41, 5.74) is -0.675. The van der Waals surface area contributed by atoms with Gasteiger partial charge in [-0.05, 0) is 39.5 Å². The van der Waals surface area contributed by atoms with Crippen molar-refractivity contribution in [3.8, 4) is 0 Å². The van der Waals surface area contributed by atoms with Crippen LogP contribution in [0.4, 0.5) is 0 Å². The van der Waals surface area contributed by atoms with Crippen molar-refractivity contribution in [2.24, 2.45) is 17.3 Å². The van der Waals surface area contributed by atoms with E-state index in [1.165, 1.54) is 6.08 Å². The first-order chi connectivity index (χ1) is 15.2. The minimum absolute atomic E-state index is 0.176. The lowest BCUT2D eigenvalue weighted by Crippen LogP contribution is -2.68. The van der Waals surface area contributed by atoms with Crippen molar-refractivity contribution in [1.82, 2.24) is 0 Å². The van der Waals surface area contributed by atoms with E-state index < -0.39 is 47.5 Å². The zero-order chi connectivity index (χ0) is 24.8. The van der Waals surface area contributed by atoms with Gasteiger partial charge in [0.05, 0.1) is 11.7 Å². The molecule has 3 rings (SSSR count). The summed E-state index contributed by atoms with van der Waals surface area (Å²) >= 11 is 0. The van der Waals surface area contributed by atoms with Crippen LogP contribution in [0.5, 0.6) is 0 Å². The van der Waals surface area contributed by atoms with E-state index in [1.807, 2.05) is 39.8 Å². The van der Waals surface area contributed by atoms with Gasteiger partial charge in [-0.1, -0.05) is 52.3 Å². The highest BCUT2D eigenvalue weighted by Crippen LogP contribution is 2.48. The van der Waals surface area contributed by atoms with Gasteiger partial charge in [0, 0.05) is 23.3 Å². The van der Waals surface area contributed by atoms with Crippen LogP contribution in [0.1, 0.15) is 74.1 Å². The lowest BCUT2D eigenvalue weighted by atomic mass is 9.78. The Hall–Kier alpha value is -1.54. The molecule has 0 spiro atoms. The van der Waals surface area contributed by atoms with Crippen molar-refractivity contribution in [2.75, 3.05) is 0 Å². The Bertz CT molecular complexity index is 830. The third-order valence-corrected chi connectivity index (χ3v) is 7.70. The number of ether oxygens (including phenoxy) is 3. The number of hydrogen-bond acceptors (Lipinski definition) is 7. The molecule has 0 aliphatic carbocycles. The summed E-state index contributed by atoms with van der Waals surface area (Å²) < 4.78 is 18.0. The lowest BCUT2D eigenvalue weighted by molar-refractivity contribution is -0.363. The van der Waals surface area contributed by atoms with E-state index in [0.717, 1.165) is 5.57 Å². The average molecular weight is 465 g/mol. The molecule has 2 fully saturated rings. The van der Waals surface area contributed by atoms with Crippen molar-refractivity contribution in [3.05, 3.63) is 23.8 Å². The zero-order valence-electron chi connectivity index (χ0n) is 21.0. The quantitative estimate of drug-likeness (QED) is 0.375. The lowest BCUT2D eigenvalue weighted by Gasteiger charge is -2.51. The van der Waals surface area contributed by atoms with Crippen LogP contribution < -0.4 is 0 Å². The van der Waals surface area contributed by atoms with Crippen LogP contribution in [-0.4, -0.2) is 57.8 Å². The molecule has 0 aromatic heterocycles. The van der Waals surface area contributed by atoms with Crippen LogP contribution in [0.2, 0.25) is 0 Å². The van der Waals surface area contributed by atoms with Gasteiger partial charge in [-0.15, -0.1) is 0 Å². The molecule has 7 nitrogen and oxygen atoms in total. The predicted molar refractivity (Wildman–Crippen MR) is 123 cm³/mol. The van der Waals surface area contributed by atoms with Gasteiger partial charge < -0.3 is 24.4 Å². The standard InChI is InChI=1S/C26H40O7/c1-8-15(2)13-20(27)31-22-17(4)14-18-21(28)16(3)9-11-24(5,6)19-10-12-25(7,33-19)23(29)26(22,30)32-18/h9,11,13,16-19,22-23,29-30H,8,10,12,14H2,1-7H3/b11-9+,15-13+/t16-,17+,18+,19-,22+,23-,25+,26-/m1/s1. The summed E-state index contributed by atoms with van der Waals surface area (Å²) in [7, 11) is 0. The number of rotatable bonds is 3. The molecule has 0 aromatic rings. The molecule has 3 heterocycles. The number of allylic oxidation sites excluding steroid dienone is 2. The van der Waals surface area contributed by atoms with E-state index in [0.29, 0.717) is 19.3 Å². The van der Waals surface area contributed by atoms with E-state index in [4.69, 9.17) is 14.2 Å². The van der Waals surface area contributed by atoms with Crippen LogP contribution in [-0.2, 0) is 23.8 Å². The first kappa shape index (κ1) is 26.1. The fraction of sp³-hybridized carbons (Fsp3) is 0.769. The summed E-state index contributed by atoms with van der Waals surface area (Å²) in [5.74, 6) is -3.95. The van der Waals surface area contributed by atoms with Gasteiger partial charge >= 0.3 is 5.97 Å². The number of ketones is 1. The Kier molecular flexibility index (Phi) is 7.31. The number of fused-ring (bicyclic) bond motifs is 4. The number of aliphatic hydroxyl groups excluding tert-OH is 1. The molecule has 7 heteroatoms. The number of aliphatic hydroxyl groups is 2. The van der Waals surface area contributed by atoms with Gasteiger partial charge in [0.2, 0.25) is 5.79 Å². The topological polar surface area (TPSA) is 102 Å². The monoisotopic (exact) mass is 464 g/mol. The first-order valence-electron chi connectivity index (χ1n) is 12.1. The SMILES string of the molecule is CC/C(C)=C/C(=O)O[C@H]1[C@@H](C)C[C@@H]2O[C@@]1(O)[C@H](O)[C@]1(C)CC[C@@H](O1)C(C)(C)/C=C/[C@@H](C)C2=O. The fourth-order valence-electron chi connectivity index (χ4n) is 5.18. The van der Waals surface area contributed by atoms with Crippen molar-refractivity contribution in [2.45, 2.75) is 110 Å². The fourth-order valence-corrected chi connectivity index (χ4v) is 5.18. The molecule has 0 saturated carbocycles. The van der Waals surface area contributed by atoms with Gasteiger partial charge in [-0.2, -0.15) is 0 Å². The highest BCUT2D eigenvalue weighted by Gasteiger charge is 2.62. The van der Waals surface area contributed by atoms with E-state index in [-0.39, 0.29) is 23.7 Å². The number of esters is 1. The second kappa shape index (κ2) is 9.25. The minimum atomic E-state index is -2.29. The van der Waals surface area contributed by atoms with E-state index in [1.54, 1.807) is 20.8 Å². The molecule has 0 amide bonds. The Morgan fingerprint density at radius 3 is 2.58 bits per heavy atom. The molecule has 0 aromatic carbocycles. The van der Waals surface area contributed by atoms with Crippen molar-refractivity contribution >= 4 is 11.8 Å². The Morgan fingerprint density at radius 1 is 1.27 bits per heavy atom. The molecular weight excluding hydrogens is 424 g/mol. The third-order valence-electron chi connectivity index (χ3n) is 7.70. The van der Waals surface area contributed by atoms with Gasteiger partial charge in [0.1, 0.15) is 12.2 Å². The van der Waals surface area contributed by atoms with Crippen LogP contribution >= 0.6 is 0 Å². The second-order valence-corrected chi connectivity index (χ2v) is 11.0. The Balaban J connectivity index is 2.05. The second-order valence-electron chi connectivity index (χ2n) is 11.0. The van der Waals surface area contributed by atoms with Crippen LogP contribution in [0.25, 0.3) is 0 Å². The van der Waals surface area contributed by atoms with E-state index >= 15 is 0 Å². The van der Waals surface area contributed by atoms with Gasteiger partial charge in [0.15, 0.2) is 11.9 Å². The average Bonchev–Trinajstić information content (AvgIpc) is 3.17. The smallest absolute Gasteiger partial charge is 0.331 e. The Labute approximate surface area is 197 Å². The van der Waals surface area contributed by atoms with E-state index in [9.17, 15) is 19.8 Å². The van der Waals surface area contributed by atoms with Gasteiger partial charge in [0.25, 0.3) is 0 Å². The normalized spacial score (nSPS) is 44.5. The molecule has 2 saturated heterocycles. The largest absolute Gasteiger partial charge is 0.453 e. The summed E-state index contributed by atoms with van der Waals surface area (Å²) in [6.45, 7) is 13.2. The van der Waals surface area contributed by atoms with E-state index in [2.05, 4.69) is 0 Å². The Morgan fingerprint density at radius 2 is 1.94 bits per heavy atom. The predicted octanol–water partition coefficient (Wildman–Crippen LogP) is 3.47. The molecule has 186 valence electrons. The van der Waals surface area contributed by atoms with Crippen LogP contribution in [0, 0.1) is 17.3 Å². The minimum Gasteiger partial charge on any atom is -0.453 e.